The maximum Gasteiger partial charge on any atom is 0.145 e. The normalized spacial score (nSPS) is 9.00. The zero-order chi connectivity index (χ0) is 13.9. The molecule has 0 heterocycles. The third-order valence-electron chi connectivity index (χ3n) is 2.19. The van der Waals surface area contributed by atoms with Gasteiger partial charge in [0, 0.05) is 12.8 Å². The van der Waals surface area contributed by atoms with Crippen LogP contribution in [0.5, 0.6) is 5.75 Å². The Morgan fingerprint density at radius 3 is 2.68 bits per heavy atom. The second-order valence-electron chi connectivity index (χ2n) is 3.47. The summed E-state index contributed by atoms with van der Waals surface area (Å²) >= 11 is 0. The predicted molar refractivity (Wildman–Crippen MR) is 71.4 cm³/mol. The molecule has 0 saturated carbocycles. The summed E-state index contributed by atoms with van der Waals surface area (Å²) in [4.78, 5) is 0. The fourth-order valence-corrected chi connectivity index (χ4v) is 1.31. The number of nitrogens with zero attached hydrogens (tertiary/aromatic N) is 2. The summed E-state index contributed by atoms with van der Waals surface area (Å²) in [6, 6.07) is 10.9. The fraction of sp³-hybridized carbons (Fsp3) is 0.286. The molecule has 0 aliphatic heterocycles. The number of hydrogen-bond donors (Lipinski definition) is 1. The maximum atomic E-state index is 8.65. The second kappa shape index (κ2) is 8.57. The number of nitrogens with one attached hydrogen (secondary N) is 1. The van der Waals surface area contributed by atoms with Crippen molar-refractivity contribution in [3.8, 4) is 17.9 Å². The largest absolute Gasteiger partial charge is 0.489 e. The molecule has 1 aromatic carbocycles. The Morgan fingerprint density at radius 2 is 2.00 bits per heavy atom. The van der Waals surface area contributed by atoms with E-state index in [9.17, 15) is 0 Å². The standard InChI is InChI=1S/C14H15N3O2/c1-2-18-7-8-19-14-6-4-3-5-13(14)17-11-12(9-15)10-16/h3-6,11,17H,2,7-8H2,1H3. The predicted octanol–water partition coefficient (Wildman–Crippen LogP) is 2.44. The fourth-order valence-electron chi connectivity index (χ4n) is 1.31. The number of rotatable bonds is 7. The molecule has 5 heteroatoms. The van der Waals surface area contributed by atoms with E-state index < -0.39 is 0 Å². The Morgan fingerprint density at radius 1 is 1.26 bits per heavy atom. The van der Waals surface area contributed by atoms with Crippen molar-refractivity contribution in [1.82, 2.24) is 0 Å². The Balaban J connectivity index is 2.66. The van der Waals surface area contributed by atoms with E-state index in [2.05, 4.69) is 5.32 Å². The minimum absolute atomic E-state index is 0.00381. The molecule has 0 saturated heterocycles. The Labute approximate surface area is 112 Å². The Bertz CT molecular complexity index is 496. The highest BCUT2D eigenvalue weighted by Gasteiger charge is 2.01. The van der Waals surface area contributed by atoms with Gasteiger partial charge in [0.1, 0.15) is 30.1 Å². The van der Waals surface area contributed by atoms with E-state index in [1.165, 1.54) is 6.20 Å². The monoisotopic (exact) mass is 257 g/mol. The molecule has 1 rings (SSSR count). The van der Waals surface area contributed by atoms with Crippen LogP contribution in [0.1, 0.15) is 6.92 Å². The van der Waals surface area contributed by atoms with Gasteiger partial charge in [0.05, 0.1) is 12.3 Å². The van der Waals surface area contributed by atoms with E-state index in [-0.39, 0.29) is 5.57 Å². The number of hydrogen-bond acceptors (Lipinski definition) is 5. The van der Waals surface area contributed by atoms with Crippen molar-refractivity contribution in [2.45, 2.75) is 6.92 Å². The van der Waals surface area contributed by atoms with E-state index in [4.69, 9.17) is 20.0 Å². The van der Waals surface area contributed by atoms with E-state index in [1.54, 1.807) is 24.3 Å². The molecule has 0 aromatic heterocycles. The topological polar surface area (TPSA) is 78.1 Å². The van der Waals surface area contributed by atoms with Crippen molar-refractivity contribution in [2.75, 3.05) is 25.1 Å². The van der Waals surface area contributed by atoms with Crippen molar-refractivity contribution >= 4 is 5.69 Å². The van der Waals surface area contributed by atoms with Gasteiger partial charge in [-0.2, -0.15) is 10.5 Å². The van der Waals surface area contributed by atoms with Gasteiger partial charge >= 0.3 is 0 Å². The van der Waals surface area contributed by atoms with Crippen LogP contribution >= 0.6 is 0 Å². The first-order chi connectivity index (χ1) is 9.31. The lowest BCUT2D eigenvalue weighted by atomic mass is 10.3. The zero-order valence-electron chi connectivity index (χ0n) is 10.7. The maximum absolute atomic E-state index is 8.65. The summed E-state index contributed by atoms with van der Waals surface area (Å²) in [5.41, 5.74) is 0.700. The van der Waals surface area contributed by atoms with Crippen LogP contribution < -0.4 is 10.1 Å². The van der Waals surface area contributed by atoms with Crippen LogP contribution in [-0.2, 0) is 4.74 Å². The summed E-state index contributed by atoms with van der Waals surface area (Å²) in [6.45, 7) is 3.53. The molecular formula is C14H15N3O2. The number of allylic oxidation sites excluding steroid dienone is 1. The molecule has 0 bridgehead atoms. The average molecular weight is 257 g/mol. The van der Waals surface area contributed by atoms with Crippen LogP contribution in [0.15, 0.2) is 36.0 Å². The number of nitriles is 2. The van der Waals surface area contributed by atoms with Crippen molar-refractivity contribution in [2.24, 2.45) is 0 Å². The molecule has 19 heavy (non-hydrogen) atoms. The lowest BCUT2D eigenvalue weighted by Gasteiger charge is -2.11. The van der Waals surface area contributed by atoms with E-state index in [0.29, 0.717) is 31.3 Å². The van der Waals surface area contributed by atoms with Gasteiger partial charge in [0.15, 0.2) is 0 Å². The van der Waals surface area contributed by atoms with Crippen LogP contribution in [-0.4, -0.2) is 19.8 Å². The minimum atomic E-state index is 0.00381. The quantitative estimate of drug-likeness (QED) is 0.599. The van der Waals surface area contributed by atoms with Gasteiger partial charge in [0.25, 0.3) is 0 Å². The van der Waals surface area contributed by atoms with Gasteiger partial charge in [0.2, 0.25) is 0 Å². The van der Waals surface area contributed by atoms with Crippen LogP contribution in [0, 0.1) is 22.7 Å². The lowest BCUT2D eigenvalue weighted by Crippen LogP contribution is -2.07. The number of para-hydroxylation sites is 2. The molecular weight excluding hydrogens is 242 g/mol. The highest BCUT2D eigenvalue weighted by Crippen LogP contribution is 2.23. The highest BCUT2D eigenvalue weighted by atomic mass is 16.5. The zero-order valence-corrected chi connectivity index (χ0v) is 10.7. The van der Waals surface area contributed by atoms with E-state index in [1.807, 2.05) is 19.1 Å². The van der Waals surface area contributed by atoms with Gasteiger partial charge in [-0.05, 0) is 19.1 Å². The minimum Gasteiger partial charge on any atom is -0.489 e. The molecule has 0 aliphatic rings. The summed E-state index contributed by atoms with van der Waals surface area (Å²) < 4.78 is 10.7. The lowest BCUT2D eigenvalue weighted by molar-refractivity contribution is 0.110. The van der Waals surface area contributed by atoms with Gasteiger partial charge < -0.3 is 14.8 Å². The molecule has 0 fully saturated rings. The molecule has 0 aliphatic carbocycles. The van der Waals surface area contributed by atoms with Gasteiger partial charge in [-0.15, -0.1) is 0 Å². The third kappa shape index (κ3) is 5.12. The molecule has 0 unspecified atom stereocenters. The summed E-state index contributed by atoms with van der Waals surface area (Å²) in [5.74, 6) is 0.647. The van der Waals surface area contributed by atoms with Crippen LogP contribution in [0.4, 0.5) is 5.69 Å². The van der Waals surface area contributed by atoms with Crippen LogP contribution in [0.25, 0.3) is 0 Å². The first-order valence-electron chi connectivity index (χ1n) is 5.88. The Kier molecular flexibility index (Phi) is 6.57. The first kappa shape index (κ1) is 14.6. The third-order valence-corrected chi connectivity index (χ3v) is 2.19. The highest BCUT2D eigenvalue weighted by molar-refractivity contribution is 5.59. The molecule has 0 atom stereocenters. The summed E-state index contributed by atoms with van der Waals surface area (Å²) in [7, 11) is 0. The first-order valence-corrected chi connectivity index (χ1v) is 5.88. The molecule has 0 radical (unpaired) electrons. The molecule has 5 nitrogen and oxygen atoms in total. The van der Waals surface area contributed by atoms with Crippen molar-refractivity contribution in [3.05, 3.63) is 36.0 Å². The molecule has 1 aromatic rings. The van der Waals surface area contributed by atoms with Gasteiger partial charge in [-0.3, -0.25) is 0 Å². The number of anilines is 1. The molecule has 0 amide bonds. The average Bonchev–Trinajstić information content (AvgIpc) is 2.46. The van der Waals surface area contributed by atoms with Crippen LogP contribution in [0.2, 0.25) is 0 Å². The number of ether oxygens (including phenoxy) is 2. The van der Waals surface area contributed by atoms with Gasteiger partial charge in [-0.25, -0.2) is 0 Å². The van der Waals surface area contributed by atoms with Gasteiger partial charge in [-0.1, -0.05) is 12.1 Å². The summed E-state index contributed by atoms with van der Waals surface area (Å²) in [6.07, 6.45) is 1.35. The van der Waals surface area contributed by atoms with Crippen molar-refractivity contribution in [3.63, 3.8) is 0 Å². The molecule has 98 valence electrons. The SMILES string of the molecule is CCOCCOc1ccccc1NC=C(C#N)C#N. The van der Waals surface area contributed by atoms with E-state index in [0.717, 1.165) is 0 Å². The molecule has 0 spiro atoms. The molecule has 1 N–H and O–H groups in total. The Hall–Kier alpha value is -2.50. The number of benzene rings is 1. The van der Waals surface area contributed by atoms with E-state index >= 15 is 0 Å². The summed E-state index contributed by atoms with van der Waals surface area (Å²) in [5, 5.41) is 20.2. The smallest absolute Gasteiger partial charge is 0.145 e. The van der Waals surface area contributed by atoms with Crippen molar-refractivity contribution < 1.29 is 9.47 Å². The van der Waals surface area contributed by atoms with Crippen LogP contribution in [0.3, 0.4) is 0 Å². The second-order valence-corrected chi connectivity index (χ2v) is 3.47. The van der Waals surface area contributed by atoms with Crippen molar-refractivity contribution in [1.29, 1.82) is 10.5 Å².